The van der Waals surface area contributed by atoms with Crippen LogP contribution in [0.25, 0.3) is 0 Å². The Labute approximate surface area is 158 Å². The fraction of sp³-hybridized carbons (Fsp3) is 0.571. The Morgan fingerprint density at radius 2 is 2.26 bits per heavy atom. The van der Waals surface area contributed by atoms with E-state index in [1.54, 1.807) is 0 Å². The molecule has 0 radical (unpaired) electrons. The highest BCUT2D eigenvalue weighted by Crippen LogP contribution is 2.64. The molecule has 1 aromatic rings. The fourth-order valence-corrected chi connectivity index (χ4v) is 7.20. The molecule has 6 heteroatoms. The first-order chi connectivity index (χ1) is 13.0. The molecule has 0 amide bonds. The number of aliphatic carboxylic acids is 1. The van der Waals surface area contributed by atoms with Gasteiger partial charge in [0.05, 0.1) is 31.1 Å². The Balaban J connectivity index is 1.55. The number of carboxylic acids is 1. The van der Waals surface area contributed by atoms with E-state index in [9.17, 15) is 15.1 Å². The molecule has 2 bridgehead atoms. The first-order valence-electron chi connectivity index (χ1n) is 9.99. The molecular weight excluding hydrogens is 344 g/mol. The minimum atomic E-state index is -0.814. The van der Waals surface area contributed by atoms with Gasteiger partial charge in [0.1, 0.15) is 12.6 Å². The van der Waals surface area contributed by atoms with Gasteiger partial charge in [-0.1, -0.05) is 24.3 Å². The molecule has 3 fully saturated rings. The fourth-order valence-electron chi connectivity index (χ4n) is 7.20. The number of hydrogen-bond acceptors (Lipinski definition) is 4. The summed E-state index contributed by atoms with van der Waals surface area (Å²) >= 11 is 0. The third-order valence-electron chi connectivity index (χ3n) is 8.08. The van der Waals surface area contributed by atoms with Gasteiger partial charge in [0.25, 0.3) is 0 Å². The lowest BCUT2D eigenvalue weighted by Gasteiger charge is -2.60. The molecule has 1 spiro atoms. The number of carboxylic acid groups (broad SMARTS) is 1. The zero-order chi connectivity index (χ0) is 18.4. The molecule has 6 rings (SSSR count). The van der Waals surface area contributed by atoms with Crippen molar-refractivity contribution in [3.8, 4) is 0 Å². The van der Waals surface area contributed by atoms with Crippen molar-refractivity contribution in [2.24, 2.45) is 11.8 Å². The number of benzene rings is 1. The van der Waals surface area contributed by atoms with E-state index in [2.05, 4.69) is 29.6 Å². The molecule has 1 saturated carbocycles. The van der Waals surface area contributed by atoms with Crippen LogP contribution in [0.3, 0.4) is 0 Å². The Bertz CT molecular complexity index is 869. The number of anilines is 1. The van der Waals surface area contributed by atoms with Crippen molar-refractivity contribution in [2.45, 2.75) is 42.9 Å². The SMILES string of the molecule is O=C(O)C[C@H]1OCC=C2C[N@@+]3([O-])CC[C@@]45c6ccccc6N[C@@H]4[C@@H]1[C@@H]2C[C@H]53. The average molecular weight is 368 g/mol. The van der Waals surface area contributed by atoms with Crippen LogP contribution in [0.4, 0.5) is 5.69 Å². The van der Waals surface area contributed by atoms with Gasteiger partial charge < -0.3 is 25.0 Å². The van der Waals surface area contributed by atoms with Crippen molar-refractivity contribution in [2.75, 3.05) is 25.0 Å². The van der Waals surface area contributed by atoms with Gasteiger partial charge in [-0.3, -0.25) is 4.79 Å². The van der Waals surface area contributed by atoms with Gasteiger partial charge in [-0.05, 0) is 23.1 Å². The van der Waals surface area contributed by atoms with Crippen molar-refractivity contribution >= 4 is 11.7 Å². The monoisotopic (exact) mass is 368 g/mol. The van der Waals surface area contributed by atoms with Crippen molar-refractivity contribution < 1.29 is 19.3 Å². The molecule has 2 saturated heterocycles. The van der Waals surface area contributed by atoms with Crippen LogP contribution in [-0.4, -0.2) is 53.6 Å². The maximum Gasteiger partial charge on any atom is 0.305 e. The molecule has 5 aliphatic rings. The summed E-state index contributed by atoms with van der Waals surface area (Å²) in [5.74, 6) is -0.475. The predicted molar refractivity (Wildman–Crippen MR) is 99.0 cm³/mol. The maximum absolute atomic E-state index is 13.8. The second kappa shape index (κ2) is 5.13. The number of nitrogens with zero attached hydrogens (tertiary/aromatic N) is 1. The summed E-state index contributed by atoms with van der Waals surface area (Å²) < 4.78 is 5.95. The topological polar surface area (TPSA) is 81.6 Å². The van der Waals surface area contributed by atoms with Crippen LogP contribution in [0.2, 0.25) is 0 Å². The highest BCUT2D eigenvalue weighted by atomic mass is 16.6. The van der Waals surface area contributed by atoms with Gasteiger partial charge in [0.15, 0.2) is 0 Å². The Morgan fingerprint density at radius 3 is 3.11 bits per heavy atom. The number of fused-ring (bicyclic) bond motifs is 2. The molecule has 0 aromatic heterocycles. The first-order valence-corrected chi connectivity index (χ1v) is 9.99. The van der Waals surface area contributed by atoms with Crippen molar-refractivity contribution in [3.63, 3.8) is 0 Å². The number of hydroxylamine groups is 3. The van der Waals surface area contributed by atoms with Crippen LogP contribution < -0.4 is 5.32 Å². The number of carbonyl (C=O) groups is 1. The second-order valence-corrected chi connectivity index (χ2v) is 8.98. The molecular formula is C21H24N2O4. The summed E-state index contributed by atoms with van der Waals surface area (Å²) in [6.45, 7) is 1.61. The lowest BCUT2D eigenvalue weighted by Crippen LogP contribution is -2.68. The predicted octanol–water partition coefficient (Wildman–Crippen LogP) is 2.25. The van der Waals surface area contributed by atoms with E-state index in [1.165, 1.54) is 11.1 Å². The average Bonchev–Trinajstić information content (AvgIpc) is 3.08. The van der Waals surface area contributed by atoms with Gasteiger partial charge in [-0.15, -0.1) is 0 Å². The summed E-state index contributed by atoms with van der Waals surface area (Å²) in [5.41, 5.74) is 3.38. The zero-order valence-electron chi connectivity index (χ0n) is 15.1. The minimum absolute atomic E-state index is 0.0228. The molecule has 0 unspecified atom stereocenters. The summed E-state index contributed by atoms with van der Waals surface area (Å²) in [5, 5.41) is 27.1. The van der Waals surface area contributed by atoms with E-state index in [4.69, 9.17) is 4.74 Å². The zero-order valence-corrected chi connectivity index (χ0v) is 15.1. The lowest BCUT2D eigenvalue weighted by molar-refractivity contribution is -0.896. The molecule has 142 valence electrons. The number of hydrogen-bond donors (Lipinski definition) is 2. The van der Waals surface area contributed by atoms with Crippen LogP contribution in [0, 0.1) is 17.0 Å². The third-order valence-corrected chi connectivity index (χ3v) is 8.08. The minimum Gasteiger partial charge on any atom is -0.632 e. The maximum atomic E-state index is 13.8. The smallest absolute Gasteiger partial charge is 0.305 e. The van der Waals surface area contributed by atoms with Crippen molar-refractivity contribution in [3.05, 3.63) is 46.7 Å². The molecule has 1 aromatic carbocycles. The van der Waals surface area contributed by atoms with Crippen LogP contribution in [0.5, 0.6) is 0 Å². The van der Waals surface area contributed by atoms with E-state index < -0.39 is 5.97 Å². The van der Waals surface area contributed by atoms with Gasteiger partial charge in [-0.25, -0.2) is 0 Å². The number of ether oxygens (including phenoxy) is 1. The molecule has 27 heavy (non-hydrogen) atoms. The van der Waals surface area contributed by atoms with Gasteiger partial charge in [0, 0.05) is 30.5 Å². The van der Waals surface area contributed by atoms with Crippen molar-refractivity contribution in [1.29, 1.82) is 0 Å². The number of para-hydroxylation sites is 1. The van der Waals surface area contributed by atoms with Crippen LogP contribution in [0.15, 0.2) is 35.9 Å². The van der Waals surface area contributed by atoms with Gasteiger partial charge in [-0.2, -0.15) is 0 Å². The van der Waals surface area contributed by atoms with E-state index >= 15 is 0 Å². The number of piperidine rings is 1. The second-order valence-electron chi connectivity index (χ2n) is 8.98. The lowest BCUT2D eigenvalue weighted by atomic mass is 9.54. The van der Waals surface area contributed by atoms with Crippen molar-refractivity contribution in [1.82, 2.24) is 0 Å². The molecule has 4 aliphatic heterocycles. The summed E-state index contributed by atoms with van der Waals surface area (Å²) in [4.78, 5) is 11.6. The van der Waals surface area contributed by atoms with Crippen LogP contribution >= 0.6 is 0 Å². The summed E-state index contributed by atoms with van der Waals surface area (Å²) in [7, 11) is 0. The molecule has 7 atom stereocenters. The molecule has 6 nitrogen and oxygen atoms in total. The number of nitrogens with one attached hydrogen (secondary N) is 1. The molecule has 4 heterocycles. The molecule has 1 aliphatic carbocycles. The van der Waals surface area contributed by atoms with E-state index in [0.717, 1.165) is 18.5 Å². The largest absolute Gasteiger partial charge is 0.632 e. The Hall–Kier alpha value is -1.89. The molecule has 2 N–H and O–H groups in total. The number of rotatable bonds is 2. The van der Waals surface area contributed by atoms with Crippen LogP contribution in [0.1, 0.15) is 24.8 Å². The van der Waals surface area contributed by atoms with E-state index in [1.807, 2.05) is 6.07 Å². The van der Waals surface area contributed by atoms with Crippen LogP contribution in [-0.2, 0) is 14.9 Å². The highest BCUT2D eigenvalue weighted by Gasteiger charge is 2.71. The quantitative estimate of drug-likeness (QED) is 0.475. The normalized spacial score (nSPS) is 46.0. The summed E-state index contributed by atoms with van der Waals surface area (Å²) in [6.07, 6.45) is 3.49. The third kappa shape index (κ3) is 1.88. The van der Waals surface area contributed by atoms with E-state index in [-0.39, 0.29) is 46.5 Å². The Kier molecular flexibility index (Phi) is 3.06. The summed E-state index contributed by atoms with van der Waals surface area (Å²) in [6, 6.07) is 8.50. The van der Waals surface area contributed by atoms with Gasteiger partial charge in [0.2, 0.25) is 0 Å². The Morgan fingerprint density at radius 1 is 1.41 bits per heavy atom. The number of quaternary nitrogens is 1. The standard InChI is InChI=1S/C21H24N2O4/c24-18(25)10-16-19-13-9-17-21(14-3-1-2-4-15(14)22-20(19)21)6-7-23(17,26)11-12(13)5-8-27-16/h1-5,13,16-17,19-20,22H,6-11H2,(H,24,25)/t13-,16-,17-,19-,20-,21+,23+/m1/s1. The van der Waals surface area contributed by atoms with E-state index in [0.29, 0.717) is 19.7 Å². The first kappa shape index (κ1) is 16.1. The van der Waals surface area contributed by atoms with Gasteiger partial charge >= 0.3 is 5.97 Å². The highest BCUT2D eigenvalue weighted by molar-refractivity contribution is 5.68.